The number of carbonyl (C=O) groups excluding carboxylic acids is 2. The SMILES string of the molecule is CC(C)(C)NC(=O)NC(=O)CN1CC2CCCC(N)C2C1.Cl. The standard InChI is InChI=1S/C15H28N4O2.ClH/c1-15(2,3)18-14(21)17-13(20)9-19-7-10-5-4-6-12(16)11(10)8-19;/h10-12H,4-9,16H2,1-3H3,(H2,17,18,20,21);1H. The van der Waals surface area contributed by atoms with E-state index in [4.69, 9.17) is 5.73 Å². The van der Waals surface area contributed by atoms with Crippen LogP contribution in [0.4, 0.5) is 4.79 Å². The van der Waals surface area contributed by atoms with Crippen LogP contribution in [0.1, 0.15) is 40.0 Å². The molecule has 7 heteroatoms. The third-order valence-electron chi connectivity index (χ3n) is 4.34. The zero-order chi connectivity index (χ0) is 15.6. The van der Waals surface area contributed by atoms with Crippen molar-refractivity contribution in [3.63, 3.8) is 0 Å². The summed E-state index contributed by atoms with van der Waals surface area (Å²) in [4.78, 5) is 25.7. The van der Waals surface area contributed by atoms with Gasteiger partial charge in [-0.3, -0.25) is 15.0 Å². The Morgan fingerprint density at radius 3 is 2.50 bits per heavy atom. The van der Waals surface area contributed by atoms with E-state index in [9.17, 15) is 9.59 Å². The van der Waals surface area contributed by atoms with Crippen molar-refractivity contribution < 1.29 is 9.59 Å². The van der Waals surface area contributed by atoms with E-state index in [0.717, 1.165) is 19.5 Å². The minimum Gasteiger partial charge on any atom is -0.333 e. The molecule has 0 aromatic rings. The number of nitrogens with zero attached hydrogens (tertiary/aromatic N) is 1. The van der Waals surface area contributed by atoms with E-state index in [0.29, 0.717) is 11.8 Å². The molecule has 0 spiro atoms. The second-order valence-corrected chi connectivity index (χ2v) is 7.47. The second-order valence-electron chi connectivity index (χ2n) is 7.47. The quantitative estimate of drug-likeness (QED) is 0.706. The van der Waals surface area contributed by atoms with Gasteiger partial charge in [0.05, 0.1) is 6.54 Å². The van der Waals surface area contributed by atoms with Gasteiger partial charge in [0.15, 0.2) is 0 Å². The van der Waals surface area contributed by atoms with Crippen molar-refractivity contribution in [1.82, 2.24) is 15.5 Å². The lowest BCUT2D eigenvalue weighted by atomic mass is 9.78. The number of halogens is 1. The summed E-state index contributed by atoms with van der Waals surface area (Å²) in [7, 11) is 0. The van der Waals surface area contributed by atoms with Crippen LogP contribution < -0.4 is 16.4 Å². The zero-order valence-electron chi connectivity index (χ0n) is 13.7. The first-order chi connectivity index (χ1) is 9.74. The van der Waals surface area contributed by atoms with Crippen molar-refractivity contribution in [2.75, 3.05) is 19.6 Å². The van der Waals surface area contributed by atoms with Crippen LogP contribution in [0.2, 0.25) is 0 Å². The molecule has 6 nitrogen and oxygen atoms in total. The topological polar surface area (TPSA) is 87.5 Å². The van der Waals surface area contributed by atoms with Crippen LogP contribution in [-0.2, 0) is 4.79 Å². The molecule has 3 atom stereocenters. The number of likely N-dealkylation sites (tertiary alicyclic amines) is 1. The average molecular weight is 333 g/mol. The first-order valence-electron chi connectivity index (χ1n) is 7.84. The number of fused-ring (bicyclic) bond motifs is 1. The summed E-state index contributed by atoms with van der Waals surface area (Å²) in [6.45, 7) is 7.71. The van der Waals surface area contributed by atoms with Gasteiger partial charge in [0.1, 0.15) is 0 Å². The first-order valence-corrected chi connectivity index (χ1v) is 7.84. The fourth-order valence-electron chi connectivity index (χ4n) is 3.48. The van der Waals surface area contributed by atoms with Gasteiger partial charge in [-0.05, 0) is 45.4 Å². The average Bonchev–Trinajstić information content (AvgIpc) is 2.69. The lowest BCUT2D eigenvalue weighted by Gasteiger charge is -2.29. The Balaban J connectivity index is 0.00000242. The van der Waals surface area contributed by atoms with Gasteiger partial charge in [-0.25, -0.2) is 4.79 Å². The maximum absolute atomic E-state index is 11.9. The van der Waals surface area contributed by atoms with Gasteiger partial charge in [0.2, 0.25) is 5.91 Å². The van der Waals surface area contributed by atoms with Crippen LogP contribution in [0.25, 0.3) is 0 Å². The minimum absolute atomic E-state index is 0. The molecule has 2 rings (SSSR count). The van der Waals surface area contributed by atoms with Crippen LogP contribution in [-0.4, -0.2) is 48.1 Å². The van der Waals surface area contributed by atoms with Gasteiger partial charge in [-0.1, -0.05) is 6.42 Å². The number of nitrogens with two attached hydrogens (primary N) is 1. The van der Waals surface area contributed by atoms with E-state index in [2.05, 4.69) is 15.5 Å². The first kappa shape index (κ1) is 19.2. The summed E-state index contributed by atoms with van der Waals surface area (Å²) >= 11 is 0. The van der Waals surface area contributed by atoms with Crippen LogP contribution >= 0.6 is 12.4 Å². The number of nitrogens with one attached hydrogen (secondary N) is 2. The Hall–Kier alpha value is -0.850. The van der Waals surface area contributed by atoms with E-state index in [1.54, 1.807) is 0 Å². The van der Waals surface area contributed by atoms with Crippen molar-refractivity contribution in [1.29, 1.82) is 0 Å². The Kier molecular flexibility index (Phi) is 6.65. The highest BCUT2D eigenvalue weighted by Gasteiger charge is 2.39. The number of amides is 3. The molecule has 4 N–H and O–H groups in total. The summed E-state index contributed by atoms with van der Waals surface area (Å²) in [5.41, 5.74) is 5.82. The van der Waals surface area contributed by atoms with Gasteiger partial charge in [-0.15, -0.1) is 12.4 Å². The van der Waals surface area contributed by atoms with Crippen molar-refractivity contribution in [2.24, 2.45) is 17.6 Å². The summed E-state index contributed by atoms with van der Waals surface area (Å²) in [6.07, 6.45) is 3.49. The maximum Gasteiger partial charge on any atom is 0.321 e. The summed E-state index contributed by atoms with van der Waals surface area (Å²) in [5.74, 6) is 0.879. The van der Waals surface area contributed by atoms with Gasteiger partial charge in [0, 0.05) is 24.7 Å². The van der Waals surface area contributed by atoms with E-state index in [-0.39, 0.29) is 36.4 Å². The molecule has 2 fully saturated rings. The Morgan fingerprint density at radius 2 is 1.91 bits per heavy atom. The molecule has 1 aliphatic carbocycles. The third-order valence-corrected chi connectivity index (χ3v) is 4.34. The molecule has 0 aromatic heterocycles. The van der Waals surface area contributed by atoms with Crippen molar-refractivity contribution in [3.05, 3.63) is 0 Å². The summed E-state index contributed by atoms with van der Waals surface area (Å²) < 4.78 is 0. The van der Waals surface area contributed by atoms with E-state index < -0.39 is 6.03 Å². The molecule has 3 amide bonds. The molecule has 0 radical (unpaired) electrons. The number of imide groups is 1. The molecule has 3 unspecified atom stereocenters. The Labute approximate surface area is 139 Å². The molecule has 0 bridgehead atoms. The molecule has 1 saturated heterocycles. The predicted molar refractivity (Wildman–Crippen MR) is 88.9 cm³/mol. The molecule has 22 heavy (non-hydrogen) atoms. The van der Waals surface area contributed by atoms with Gasteiger partial charge in [-0.2, -0.15) is 0 Å². The summed E-state index contributed by atoms with van der Waals surface area (Å²) in [5, 5.41) is 5.12. The highest BCUT2D eigenvalue weighted by Crippen LogP contribution is 2.35. The fraction of sp³-hybridized carbons (Fsp3) is 0.867. The van der Waals surface area contributed by atoms with E-state index in [1.165, 1.54) is 12.8 Å². The second kappa shape index (κ2) is 7.62. The molecule has 1 aliphatic heterocycles. The van der Waals surface area contributed by atoms with Crippen molar-refractivity contribution >= 4 is 24.3 Å². The zero-order valence-corrected chi connectivity index (χ0v) is 14.5. The van der Waals surface area contributed by atoms with Crippen molar-refractivity contribution in [3.8, 4) is 0 Å². The van der Waals surface area contributed by atoms with E-state index in [1.807, 2.05) is 20.8 Å². The lowest BCUT2D eigenvalue weighted by molar-refractivity contribution is -0.121. The highest BCUT2D eigenvalue weighted by molar-refractivity contribution is 5.95. The van der Waals surface area contributed by atoms with Crippen molar-refractivity contribution in [2.45, 2.75) is 51.6 Å². The molecular formula is C15H29ClN4O2. The third kappa shape index (κ3) is 5.41. The van der Waals surface area contributed by atoms with Crippen LogP contribution in [0.3, 0.4) is 0 Å². The largest absolute Gasteiger partial charge is 0.333 e. The Morgan fingerprint density at radius 1 is 1.23 bits per heavy atom. The van der Waals surface area contributed by atoms with Crippen LogP contribution in [0.5, 0.6) is 0 Å². The molecule has 1 heterocycles. The smallest absolute Gasteiger partial charge is 0.321 e. The van der Waals surface area contributed by atoms with Crippen LogP contribution in [0.15, 0.2) is 0 Å². The number of hydrogen-bond donors (Lipinski definition) is 3. The van der Waals surface area contributed by atoms with Gasteiger partial charge in [0.25, 0.3) is 0 Å². The Bertz CT molecular complexity index is 411. The maximum atomic E-state index is 11.9. The van der Waals surface area contributed by atoms with Gasteiger partial charge >= 0.3 is 6.03 Å². The predicted octanol–water partition coefficient (Wildman–Crippen LogP) is 1.09. The molecule has 0 aromatic carbocycles. The monoisotopic (exact) mass is 332 g/mol. The molecule has 1 saturated carbocycles. The lowest BCUT2D eigenvalue weighted by Crippen LogP contribution is -2.50. The highest BCUT2D eigenvalue weighted by atomic mass is 35.5. The van der Waals surface area contributed by atoms with Gasteiger partial charge < -0.3 is 11.1 Å². The fourth-order valence-corrected chi connectivity index (χ4v) is 3.48. The number of hydrogen-bond acceptors (Lipinski definition) is 4. The number of urea groups is 1. The normalized spacial score (nSPS) is 28.5. The number of rotatable bonds is 2. The molecule has 2 aliphatic rings. The summed E-state index contributed by atoms with van der Waals surface area (Å²) in [6, 6.07) is -0.165. The van der Waals surface area contributed by atoms with Crippen LogP contribution in [0, 0.1) is 11.8 Å². The molecular weight excluding hydrogens is 304 g/mol. The van der Waals surface area contributed by atoms with E-state index >= 15 is 0 Å². The number of carbonyl (C=O) groups is 2. The minimum atomic E-state index is -0.430. The molecule has 128 valence electrons.